The van der Waals surface area contributed by atoms with Crippen LogP contribution in [0.25, 0.3) is 0 Å². The van der Waals surface area contributed by atoms with E-state index in [-0.39, 0.29) is 17.6 Å². The maximum atomic E-state index is 13.0. The highest BCUT2D eigenvalue weighted by molar-refractivity contribution is 5.78. The molecule has 1 heterocycles. The van der Waals surface area contributed by atoms with Crippen molar-refractivity contribution in [2.75, 3.05) is 20.3 Å². The average molecular weight is 331 g/mol. The number of benzene rings is 1. The van der Waals surface area contributed by atoms with Crippen LogP contribution in [0.2, 0.25) is 0 Å². The van der Waals surface area contributed by atoms with Gasteiger partial charge in [-0.1, -0.05) is 12.1 Å². The van der Waals surface area contributed by atoms with Gasteiger partial charge in [-0.05, 0) is 63.1 Å². The van der Waals surface area contributed by atoms with Crippen LogP contribution in [0.4, 0.5) is 0 Å². The number of rotatable bonds is 5. The molecule has 1 aromatic rings. The summed E-state index contributed by atoms with van der Waals surface area (Å²) in [6.07, 6.45) is 3.16. The smallest absolute Gasteiger partial charge is 0.223 e. The van der Waals surface area contributed by atoms with Crippen LogP contribution >= 0.6 is 0 Å². The molecule has 0 radical (unpaired) electrons. The maximum Gasteiger partial charge on any atom is 0.223 e. The van der Waals surface area contributed by atoms with Crippen molar-refractivity contribution in [2.45, 2.75) is 57.6 Å². The first-order valence-electron chi connectivity index (χ1n) is 8.97. The molecule has 1 amide bonds. The van der Waals surface area contributed by atoms with Gasteiger partial charge >= 0.3 is 0 Å². The highest BCUT2D eigenvalue weighted by atomic mass is 16.5. The molecule has 1 saturated heterocycles. The number of nitrogens with zero attached hydrogens (tertiary/aromatic N) is 1. The molecule has 1 aliphatic carbocycles. The van der Waals surface area contributed by atoms with Crippen LogP contribution in [0, 0.1) is 5.92 Å². The van der Waals surface area contributed by atoms with E-state index in [1.807, 2.05) is 24.0 Å². The van der Waals surface area contributed by atoms with Crippen LogP contribution in [-0.2, 0) is 9.53 Å². The van der Waals surface area contributed by atoms with E-state index in [9.17, 15) is 4.79 Å². The molecule has 1 aliphatic heterocycles. The second-order valence-corrected chi connectivity index (χ2v) is 7.86. The first kappa shape index (κ1) is 17.3. The molecule has 24 heavy (non-hydrogen) atoms. The van der Waals surface area contributed by atoms with E-state index in [4.69, 9.17) is 9.47 Å². The van der Waals surface area contributed by atoms with Crippen LogP contribution in [-0.4, -0.2) is 42.7 Å². The Hall–Kier alpha value is -1.55. The van der Waals surface area contributed by atoms with Crippen molar-refractivity contribution < 1.29 is 14.3 Å². The van der Waals surface area contributed by atoms with Gasteiger partial charge in [-0.15, -0.1) is 0 Å². The van der Waals surface area contributed by atoms with Gasteiger partial charge < -0.3 is 14.4 Å². The second-order valence-electron chi connectivity index (χ2n) is 7.86. The Labute approximate surface area is 145 Å². The van der Waals surface area contributed by atoms with Gasteiger partial charge in [0, 0.05) is 13.0 Å². The number of hydrogen-bond acceptors (Lipinski definition) is 3. The van der Waals surface area contributed by atoms with Crippen molar-refractivity contribution >= 4 is 5.91 Å². The summed E-state index contributed by atoms with van der Waals surface area (Å²) >= 11 is 0. The maximum absolute atomic E-state index is 13.0. The van der Waals surface area contributed by atoms with Crippen LogP contribution in [0.5, 0.6) is 5.75 Å². The molecule has 2 fully saturated rings. The molecule has 1 aromatic carbocycles. The summed E-state index contributed by atoms with van der Waals surface area (Å²) in [5.41, 5.74) is 1.03. The number of carbonyl (C=O) groups excluding carboxylic acids is 1. The van der Waals surface area contributed by atoms with Crippen molar-refractivity contribution in [3.63, 3.8) is 0 Å². The van der Waals surface area contributed by atoms with Crippen molar-refractivity contribution in [3.8, 4) is 5.75 Å². The Balaban J connectivity index is 1.74. The van der Waals surface area contributed by atoms with Crippen molar-refractivity contribution in [2.24, 2.45) is 5.92 Å². The molecule has 0 bridgehead atoms. The van der Waals surface area contributed by atoms with Crippen molar-refractivity contribution in [1.82, 2.24) is 4.90 Å². The van der Waals surface area contributed by atoms with E-state index >= 15 is 0 Å². The molecule has 2 aliphatic rings. The topological polar surface area (TPSA) is 38.8 Å². The molecule has 1 saturated carbocycles. The second kappa shape index (κ2) is 6.75. The molecule has 132 valence electrons. The molecule has 0 spiro atoms. The summed E-state index contributed by atoms with van der Waals surface area (Å²) in [4.78, 5) is 15.1. The Morgan fingerprint density at radius 1 is 1.33 bits per heavy atom. The van der Waals surface area contributed by atoms with E-state index in [0.29, 0.717) is 31.4 Å². The summed E-state index contributed by atoms with van der Waals surface area (Å²) in [5, 5.41) is 0. The Kier molecular flexibility index (Phi) is 4.86. The summed E-state index contributed by atoms with van der Waals surface area (Å²) in [5.74, 6) is 2.08. The van der Waals surface area contributed by atoms with Crippen LogP contribution in [0.3, 0.4) is 0 Å². The molecular weight excluding hydrogens is 302 g/mol. The summed E-state index contributed by atoms with van der Waals surface area (Å²) < 4.78 is 11.0. The lowest BCUT2D eigenvalue weighted by Crippen LogP contribution is -2.58. The van der Waals surface area contributed by atoms with Crippen molar-refractivity contribution in [1.29, 1.82) is 0 Å². The van der Waals surface area contributed by atoms with Gasteiger partial charge in [0.15, 0.2) is 0 Å². The monoisotopic (exact) mass is 331 g/mol. The van der Waals surface area contributed by atoms with Gasteiger partial charge in [-0.3, -0.25) is 4.79 Å². The third-order valence-corrected chi connectivity index (χ3v) is 5.32. The van der Waals surface area contributed by atoms with Crippen LogP contribution < -0.4 is 4.74 Å². The molecule has 0 N–H and O–H groups in total. The lowest BCUT2D eigenvalue weighted by molar-refractivity contribution is -0.153. The first-order chi connectivity index (χ1) is 11.4. The third-order valence-electron chi connectivity index (χ3n) is 5.32. The normalized spacial score (nSPS) is 24.5. The van der Waals surface area contributed by atoms with E-state index < -0.39 is 0 Å². The van der Waals surface area contributed by atoms with Gasteiger partial charge in [-0.25, -0.2) is 0 Å². The lowest BCUT2D eigenvalue weighted by atomic mass is 9.89. The van der Waals surface area contributed by atoms with Gasteiger partial charge in [0.1, 0.15) is 5.75 Å². The Morgan fingerprint density at radius 2 is 2.00 bits per heavy atom. The summed E-state index contributed by atoms with van der Waals surface area (Å²) in [6, 6.07) is 8.22. The van der Waals surface area contributed by atoms with E-state index in [1.54, 1.807) is 7.11 Å². The number of methoxy groups -OCH3 is 1. The Morgan fingerprint density at radius 3 is 2.58 bits per heavy atom. The lowest BCUT2D eigenvalue weighted by Gasteiger charge is -2.45. The summed E-state index contributed by atoms with van der Waals surface area (Å²) in [6.45, 7) is 7.52. The van der Waals surface area contributed by atoms with E-state index in [2.05, 4.69) is 26.0 Å². The zero-order valence-corrected chi connectivity index (χ0v) is 15.2. The van der Waals surface area contributed by atoms with E-state index in [1.165, 1.54) is 18.4 Å². The zero-order valence-electron chi connectivity index (χ0n) is 15.2. The molecular formula is C20H29NO3. The molecule has 4 nitrogen and oxygen atoms in total. The molecule has 0 aromatic heterocycles. The molecule has 2 unspecified atom stereocenters. The van der Waals surface area contributed by atoms with Gasteiger partial charge in [0.2, 0.25) is 5.91 Å². The summed E-state index contributed by atoms with van der Waals surface area (Å²) in [7, 11) is 1.68. The fourth-order valence-corrected chi connectivity index (χ4v) is 3.63. The van der Waals surface area contributed by atoms with Crippen LogP contribution in [0.15, 0.2) is 24.3 Å². The van der Waals surface area contributed by atoms with Gasteiger partial charge in [-0.2, -0.15) is 0 Å². The largest absolute Gasteiger partial charge is 0.497 e. The van der Waals surface area contributed by atoms with E-state index in [0.717, 1.165) is 5.75 Å². The van der Waals surface area contributed by atoms with Crippen molar-refractivity contribution in [3.05, 3.63) is 29.8 Å². The zero-order chi connectivity index (χ0) is 17.3. The standard InChI is InChI=1S/C20H29NO3/c1-14-12-21(20(2,3)13-24-14)19(22)11-18(15-5-6-15)16-7-9-17(23-4)10-8-16/h7-10,14-15,18H,5-6,11-13H2,1-4H3. The number of hydrogen-bond donors (Lipinski definition) is 0. The number of morpholine rings is 1. The fraction of sp³-hybridized carbons (Fsp3) is 0.650. The van der Waals surface area contributed by atoms with Crippen LogP contribution in [0.1, 0.15) is 51.5 Å². The predicted molar refractivity (Wildman–Crippen MR) is 94.3 cm³/mol. The minimum atomic E-state index is -0.225. The molecule has 3 rings (SSSR count). The molecule has 4 heteroatoms. The predicted octanol–water partition coefficient (Wildman–Crippen LogP) is 3.60. The fourth-order valence-electron chi connectivity index (χ4n) is 3.63. The first-order valence-corrected chi connectivity index (χ1v) is 8.97. The average Bonchev–Trinajstić information content (AvgIpc) is 3.39. The molecule has 2 atom stereocenters. The third kappa shape index (κ3) is 3.75. The number of carbonyl (C=O) groups is 1. The quantitative estimate of drug-likeness (QED) is 0.827. The van der Waals surface area contributed by atoms with Gasteiger partial charge in [0.05, 0.1) is 25.4 Å². The highest BCUT2D eigenvalue weighted by Gasteiger charge is 2.40. The number of amides is 1. The highest BCUT2D eigenvalue weighted by Crippen LogP contribution is 2.45. The minimum Gasteiger partial charge on any atom is -0.497 e. The van der Waals surface area contributed by atoms with Gasteiger partial charge in [0.25, 0.3) is 0 Å². The number of ether oxygens (including phenoxy) is 2. The SMILES string of the molecule is COc1ccc(C(CC(=O)N2CC(C)OCC2(C)C)C2CC2)cc1. The minimum absolute atomic E-state index is 0.113. The Bertz CT molecular complexity index is 577.